The zero-order chi connectivity index (χ0) is 22.8. The number of sulfonamides is 1. The van der Waals surface area contributed by atoms with E-state index in [1.54, 1.807) is 0 Å². The van der Waals surface area contributed by atoms with Crippen molar-refractivity contribution < 1.29 is 36.2 Å². The van der Waals surface area contributed by atoms with Crippen molar-refractivity contribution in [2.75, 3.05) is 38.2 Å². The van der Waals surface area contributed by atoms with Crippen LogP contribution >= 0.6 is 0 Å². The predicted octanol–water partition coefficient (Wildman–Crippen LogP) is 2.85. The lowest BCUT2D eigenvalue weighted by molar-refractivity contribution is -0.138. The van der Waals surface area contributed by atoms with Crippen LogP contribution in [0.25, 0.3) is 0 Å². The number of rotatable bonds is 6. The number of methoxy groups -OCH3 is 1. The molecule has 3 rings (SSSR count). The Morgan fingerprint density at radius 3 is 2.19 bits per heavy atom. The minimum Gasteiger partial charge on any atom is -0.496 e. The molecule has 0 atom stereocenters. The second-order valence-corrected chi connectivity index (χ2v) is 8.92. The van der Waals surface area contributed by atoms with Gasteiger partial charge in [-0.05, 0) is 42.5 Å². The van der Waals surface area contributed by atoms with E-state index < -0.39 is 27.7 Å². The van der Waals surface area contributed by atoms with E-state index in [0.717, 1.165) is 12.1 Å². The summed E-state index contributed by atoms with van der Waals surface area (Å²) in [7, 11) is -2.50. The summed E-state index contributed by atoms with van der Waals surface area (Å²) in [5.74, 6) is -0.827. The average Bonchev–Trinajstić information content (AvgIpc) is 2.73. The molecule has 0 saturated carbocycles. The Morgan fingerprint density at radius 1 is 1.06 bits per heavy atom. The van der Waals surface area contributed by atoms with Crippen LogP contribution in [0.4, 0.5) is 18.9 Å². The number of hydrogen-bond donors (Lipinski definition) is 1. The van der Waals surface area contributed by atoms with Gasteiger partial charge < -0.3 is 14.7 Å². The number of hydrogen-bond acceptors (Lipinski definition) is 5. The van der Waals surface area contributed by atoms with Crippen molar-refractivity contribution >= 4 is 21.7 Å². The van der Waals surface area contributed by atoms with E-state index in [2.05, 4.69) is 0 Å². The van der Waals surface area contributed by atoms with Gasteiger partial charge >= 0.3 is 12.1 Å². The topological polar surface area (TPSA) is 87.2 Å². The molecule has 0 radical (unpaired) electrons. The van der Waals surface area contributed by atoms with E-state index in [1.165, 1.54) is 41.7 Å². The minimum absolute atomic E-state index is 0.0347. The maximum absolute atomic E-state index is 13.0. The van der Waals surface area contributed by atoms with Gasteiger partial charge in [0.05, 0.1) is 24.0 Å². The van der Waals surface area contributed by atoms with Crippen LogP contribution in [0.1, 0.15) is 11.1 Å². The molecule has 31 heavy (non-hydrogen) atoms. The molecule has 168 valence electrons. The first kappa shape index (κ1) is 22.9. The summed E-state index contributed by atoms with van der Waals surface area (Å²) in [6, 6.07) is 8.82. The first-order chi connectivity index (χ1) is 14.5. The summed E-state index contributed by atoms with van der Waals surface area (Å²) < 4.78 is 70.6. The molecule has 1 heterocycles. The second kappa shape index (κ2) is 8.75. The van der Waals surface area contributed by atoms with Gasteiger partial charge in [-0.1, -0.05) is 0 Å². The minimum atomic E-state index is -4.41. The molecule has 2 aromatic rings. The Hall–Kier alpha value is -2.79. The van der Waals surface area contributed by atoms with Gasteiger partial charge in [0, 0.05) is 37.4 Å². The molecule has 0 unspecified atom stereocenters. The van der Waals surface area contributed by atoms with Crippen molar-refractivity contribution in [2.45, 2.75) is 17.5 Å². The van der Waals surface area contributed by atoms with Crippen molar-refractivity contribution in [3.8, 4) is 5.75 Å². The lowest BCUT2D eigenvalue weighted by Gasteiger charge is -2.35. The Balaban J connectivity index is 1.73. The van der Waals surface area contributed by atoms with E-state index in [4.69, 9.17) is 9.84 Å². The normalized spacial score (nSPS) is 15.7. The van der Waals surface area contributed by atoms with Gasteiger partial charge in [-0.15, -0.1) is 0 Å². The molecule has 11 heteroatoms. The SMILES string of the molecule is COc1ccc(S(=O)(=O)N2CCN(c3ccc(C(F)(F)F)cc3)CC2)cc1CC(=O)O. The number of alkyl halides is 3. The number of halogens is 3. The lowest BCUT2D eigenvalue weighted by atomic mass is 10.1. The third-order valence-electron chi connectivity index (χ3n) is 5.03. The Bertz CT molecular complexity index is 1050. The maximum Gasteiger partial charge on any atom is 0.416 e. The summed E-state index contributed by atoms with van der Waals surface area (Å²) in [5.41, 5.74) is 0.0897. The molecule has 1 N–H and O–H groups in total. The van der Waals surface area contributed by atoms with E-state index in [9.17, 15) is 26.4 Å². The smallest absolute Gasteiger partial charge is 0.416 e. The molecule has 7 nitrogen and oxygen atoms in total. The maximum atomic E-state index is 13.0. The van der Waals surface area contributed by atoms with Crippen LogP contribution in [0.5, 0.6) is 5.75 Å². The molecule has 2 aromatic carbocycles. The largest absolute Gasteiger partial charge is 0.496 e. The van der Waals surface area contributed by atoms with E-state index >= 15 is 0 Å². The molecule has 1 fully saturated rings. The quantitative estimate of drug-likeness (QED) is 0.717. The number of ether oxygens (including phenoxy) is 1. The Labute approximate surface area is 177 Å². The molecular weight excluding hydrogens is 437 g/mol. The van der Waals surface area contributed by atoms with Gasteiger partial charge in [-0.2, -0.15) is 17.5 Å². The standard InChI is InChI=1S/C20H21F3N2O5S/c1-30-18-7-6-17(12-14(18)13-19(26)27)31(28,29)25-10-8-24(9-11-25)16-4-2-15(3-5-16)20(21,22)23/h2-7,12H,8-11,13H2,1H3,(H,26,27). The fourth-order valence-corrected chi connectivity index (χ4v) is 4.89. The number of nitrogens with zero attached hydrogens (tertiary/aromatic N) is 2. The summed E-state index contributed by atoms with van der Waals surface area (Å²) in [6.45, 7) is 0.902. The lowest BCUT2D eigenvalue weighted by Crippen LogP contribution is -2.48. The molecule has 1 aliphatic rings. The van der Waals surface area contributed by atoms with Crippen LogP contribution in [0.3, 0.4) is 0 Å². The Morgan fingerprint density at radius 2 is 1.68 bits per heavy atom. The molecule has 0 spiro atoms. The molecule has 1 aliphatic heterocycles. The van der Waals surface area contributed by atoms with Crippen molar-refractivity contribution in [3.63, 3.8) is 0 Å². The number of carboxylic acids is 1. The Kier molecular flexibility index (Phi) is 6.46. The summed E-state index contributed by atoms with van der Waals surface area (Å²) in [5, 5.41) is 9.05. The average molecular weight is 458 g/mol. The predicted molar refractivity (Wildman–Crippen MR) is 107 cm³/mol. The first-order valence-corrected chi connectivity index (χ1v) is 10.8. The molecule has 0 aliphatic carbocycles. The molecule has 0 amide bonds. The van der Waals surface area contributed by atoms with E-state index in [-0.39, 0.29) is 35.7 Å². The van der Waals surface area contributed by atoms with Gasteiger partial charge in [-0.3, -0.25) is 4.79 Å². The highest BCUT2D eigenvalue weighted by Gasteiger charge is 2.32. The third kappa shape index (κ3) is 5.10. The molecular formula is C20H21F3N2O5S. The molecule has 0 bridgehead atoms. The van der Waals surface area contributed by atoms with Gasteiger partial charge in [0.15, 0.2) is 0 Å². The summed E-state index contributed by atoms with van der Waals surface area (Å²) >= 11 is 0. The fraction of sp³-hybridized carbons (Fsp3) is 0.350. The van der Waals surface area contributed by atoms with Crippen molar-refractivity contribution in [1.29, 1.82) is 0 Å². The van der Waals surface area contributed by atoms with Crippen LogP contribution < -0.4 is 9.64 Å². The van der Waals surface area contributed by atoms with Gasteiger partial charge in [0.25, 0.3) is 0 Å². The first-order valence-electron chi connectivity index (χ1n) is 9.33. The van der Waals surface area contributed by atoms with Gasteiger partial charge in [0.1, 0.15) is 5.75 Å². The van der Waals surface area contributed by atoms with Gasteiger partial charge in [-0.25, -0.2) is 8.42 Å². The number of carboxylic acid groups (broad SMARTS) is 1. The van der Waals surface area contributed by atoms with Gasteiger partial charge in [0.2, 0.25) is 10.0 Å². The number of benzene rings is 2. The highest BCUT2D eigenvalue weighted by atomic mass is 32.2. The van der Waals surface area contributed by atoms with Crippen LogP contribution in [0.2, 0.25) is 0 Å². The third-order valence-corrected chi connectivity index (χ3v) is 6.92. The summed E-state index contributed by atoms with van der Waals surface area (Å²) in [4.78, 5) is 12.8. The van der Waals surface area contributed by atoms with Crippen LogP contribution in [0, 0.1) is 0 Å². The zero-order valence-electron chi connectivity index (χ0n) is 16.6. The van der Waals surface area contributed by atoms with Crippen molar-refractivity contribution in [2.24, 2.45) is 0 Å². The fourth-order valence-electron chi connectivity index (χ4n) is 3.41. The van der Waals surface area contributed by atoms with E-state index in [1.807, 2.05) is 4.90 Å². The van der Waals surface area contributed by atoms with Crippen molar-refractivity contribution in [3.05, 3.63) is 53.6 Å². The van der Waals surface area contributed by atoms with Crippen molar-refractivity contribution in [1.82, 2.24) is 4.31 Å². The van der Waals surface area contributed by atoms with Crippen LogP contribution in [-0.2, 0) is 27.4 Å². The number of aliphatic carboxylic acids is 1. The van der Waals surface area contributed by atoms with E-state index in [0.29, 0.717) is 18.8 Å². The summed E-state index contributed by atoms with van der Waals surface area (Å²) in [6.07, 6.45) is -4.79. The highest BCUT2D eigenvalue weighted by molar-refractivity contribution is 7.89. The van der Waals surface area contributed by atoms with Crippen LogP contribution in [-0.4, -0.2) is 57.1 Å². The number of carbonyl (C=O) groups is 1. The monoisotopic (exact) mass is 458 g/mol. The second-order valence-electron chi connectivity index (χ2n) is 6.98. The molecule has 0 aromatic heterocycles. The highest BCUT2D eigenvalue weighted by Crippen LogP contribution is 2.31. The number of anilines is 1. The zero-order valence-corrected chi connectivity index (χ0v) is 17.4. The molecule has 1 saturated heterocycles. The number of piperazine rings is 1. The van der Waals surface area contributed by atoms with Crippen LogP contribution in [0.15, 0.2) is 47.4 Å².